The van der Waals surface area contributed by atoms with Gasteiger partial charge < -0.3 is 9.64 Å². The summed E-state index contributed by atoms with van der Waals surface area (Å²) >= 11 is 0. The molecule has 0 bridgehead atoms. The molecule has 3 fully saturated rings. The van der Waals surface area contributed by atoms with E-state index < -0.39 is 0 Å². The first-order valence-electron chi connectivity index (χ1n) is 8.52. The van der Waals surface area contributed by atoms with Gasteiger partial charge in [-0.05, 0) is 37.5 Å². The third kappa shape index (κ3) is 2.56. The SMILES string of the molecule is Cn1cc(C(=O)N2C[C@H]3CCC[C@@]3(COCC3CC3)C2)cn1. The molecule has 0 radical (unpaired) electrons. The van der Waals surface area contributed by atoms with Crippen LogP contribution >= 0.6 is 0 Å². The maximum atomic E-state index is 12.7. The molecule has 1 amide bonds. The Morgan fingerprint density at radius 1 is 1.45 bits per heavy atom. The van der Waals surface area contributed by atoms with Crippen molar-refractivity contribution in [3.63, 3.8) is 0 Å². The van der Waals surface area contributed by atoms with Gasteiger partial charge in [-0.15, -0.1) is 0 Å². The molecular formula is C17H25N3O2. The number of hydrogen-bond acceptors (Lipinski definition) is 3. The van der Waals surface area contributed by atoms with E-state index in [1.807, 2.05) is 18.1 Å². The second-order valence-corrected chi connectivity index (χ2v) is 7.50. The minimum absolute atomic E-state index is 0.129. The first-order chi connectivity index (χ1) is 10.7. The van der Waals surface area contributed by atoms with E-state index in [-0.39, 0.29) is 11.3 Å². The quantitative estimate of drug-likeness (QED) is 0.837. The molecule has 5 nitrogen and oxygen atoms in total. The molecule has 1 aromatic heterocycles. The van der Waals surface area contributed by atoms with Crippen LogP contribution in [0.25, 0.3) is 0 Å². The fourth-order valence-corrected chi connectivity index (χ4v) is 4.23. The van der Waals surface area contributed by atoms with Gasteiger partial charge in [0.1, 0.15) is 0 Å². The number of aryl methyl sites for hydroxylation is 1. The van der Waals surface area contributed by atoms with E-state index >= 15 is 0 Å². The zero-order chi connectivity index (χ0) is 15.2. The lowest BCUT2D eigenvalue weighted by molar-refractivity contribution is 0.0307. The summed E-state index contributed by atoms with van der Waals surface area (Å²) in [5.74, 6) is 1.56. The molecule has 0 spiro atoms. The van der Waals surface area contributed by atoms with E-state index in [0.29, 0.717) is 11.5 Å². The lowest BCUT2D eigenvalue weighted by atomic mass is 9.81. The van der Waals surface area contributed by atoms with Crippen molar-refractivity contribution < 1.29 is 9.53 Å². The van der Waals surface area contributed by atoms with Crippen LogP contribution in [0, 0.1) is 17.3 Å². The summed E-state index contributed by atoms with van der Waals surface area (Å²) in [7, 11) is 1.85. The van der Waals surface area contributed by atoms with Crippen LogP contribution in [0.3, 0.4) is 0 Å². The monoisotopic (exact) mass is 303 g/mol. The number of rotatable bonds is 5. The highest BCUT2D eigenvalue weighted by molar-refractivity contribution is 5.94. The molecule has 4 rings (SSSR count). The Morgan fingerprint density at radius 3 is 3.05 bits per heavy atom. The lowest BCUT2D eigenvalue weighted by Crippen LogP contribution is -2.34. The van der Waals surface area contributed by atoms with Crippen LogP contribution in [0.1, 0.15) is 42.5 Å². The van der Waals surface area contributed by atoms with E-state index in [9.17, 15) is 4.79 Å². The molecule has 3 aliphatic rings. The highest BCUT2D eigenvalue weighted by Gasteiger charge is 2.51. The van der Waals surface area contributed by atoms with E-state index in [1.54, 1.807) is 10.9 Å². The molecule has 0 N–H and O–H groups in total. The fraction of sp³-hybridized carbons (Fsp3) is 0.765. The molecular weight excluding hydrogens is 278 g/mol. The van der Waals surface area contributed by atoms with Crippen molar-refractivity contribution in [2.75, 3.05) is 26.3 Å². The van der Waals surface area contributed by atoms with Crippen LogP contribution in [0.15, 0.2) is 12.4 Å². The molecule has 2 aliphatic carbocycles. The molecule has 0 aromatic carbocycles. The van der Waals surface area contributed by atoms with Crippen LogP contribution in [-0.2, 0) is 11.8 Å². The van der Waals surface area contributed by atoms with Crippen molar-refractivity contribution >= 4 is 5.91 Å². The van der Waals surface area contributed by atoms with Gasteiger partial charge in [0.25, 0.3) is 5.91 Å². The van der Waals surface area contributed by atoms with Crippen LogP contribution in [0.5, 0.6) is 0 Å². The van der Waals surface area contributed by atoms with Crippen LogP contribution in [-0.4, -0.2) is 46.9 Å². The number of aromatic nitrogens is 2. The van der Waals surface area contributed by atoms with Gasteiger partial charge in [-0.1, -0.05) is 6.42 Å². The van der Waals surface area contributed by atoms with Gasteiger partial charge in [-0.2, -0.15) is 5.10 Å². The Bertz CT molecular complexity index is 566. The summed E-state index contributed by atoms with van der Waals surface area (Å²) in [4.78, 5) is 14.7. The molecule has 0 unspecified atom stereocenters. The Morgan fingerprint density at radius 2 is 2.32 bits per heavy atom. The normalized spacial score (nSPS) is 30.8. The van der Waals surface area contributed by atoms with Gasteiger partial charge in [0, 0.05) is 38.4 Å². The Labute approximate surface area is 131 Å². The van der Waals surface area contributed by atoms with Gasteiger partial charge >= 0.3 is 0 Å². The van der Waals surface area contributed by atoms with Gasteiger partial charge in [0.15, 0.2) is 0 Å². The summed E-state index contributed by atoms with van der Waals surface area (Å²) in [6, 6.07) is 0. The number of amides is 1. The number of fused-ring (bicyclic) bond motifs is 1. The van der Waals surface area contributed by atoms with Crippen molar-refractivity contribution in [2.24, 2.45) is 24.3 Å². The van der Waals surface area contributed by atoms with Crippen molar-refractivity contribution in [3.8, 4) is 0 Å². The van der Waals surface area contributed by atoms with E-state index in [2.05, 4.69) is 5.10 Å². The average molecular weight is 303 g/mol. The number of nitrogens with zero attached hydrogens (tertiary/aromatic N) is 3. The second-order valence-electron chi connectivity index (χ2n) is 7.50. The predicted molar refractivity (Wildman–Crippen MR) is 82.4 cm³/mol. The summed E-state index contributed by atoms with van der Waals surface area (Å²) in [5.41, 5.74) is 0.920. The van der Waals surface area contributed by atoms with Gasteiger partial charge in [0.2, 0.25) is 0 Å². The Hall–Kier alpha value is -1.36. The molecule has 120 valence electrons. The summed E-state index contributed by atoms with van der Waals surface area (Å²) in [6.07, 6.45) is 9.89. The largest absolute Gasteiger partial charge is 0.381 e. The maximum absolute atomic E-state index is 12.7. The number of hydrogen-bond donors (Lipinski definition) is 0. The zero-order valence-corrected chi connectivity index (χ0v) is 13.3. The Kier molecular flexibility index (Phi) is 3.48. The molecule has 2 heterocycles. The molecule has 5 heteroatoms. The van der Waals surface area contributed by atoms with Crippen molar-refractivity contribution in [2.45, 2.75) is 32.1 Å². The van der Waals surface area contributed by atoms with E-state index in [0.717, 1.165) is 32.2 Å². The highest BCUT2D eigenvalue weighted by Crippen LogP contribution is 2.49. The third-order valence-corrected chi connectivity index (χ3v) is 5.72. The third-order valence-electron chi connectivity index (χ3n) is 5.72. The summed E-state index contributed by atoms with van der Waals surface area (Å²) < 4.78 is 7.72. The van der Waals surface area contributed by atoms with Crippen molar-refractivity contribution in [3.05, 3.63) is 18.0 Å². The minimum Gasteiger partial charge on any atom is -0.381 e. The van der Waals surface area contributed by atoms with Crippen LogP contribution in [0.2, 0.25) is 0 Å². The second kappa shape index (κ2) is 5.37. The molecule has 2 atom stereocenters. The number of ether oxygens (including phenoxy) is 1. The summed E-state index contributed by atoms with van der Waals surface area (Å²) in [6.45, 7) is 3.51. The number of carbonyl (C=O) groups excluding carboxylic acids is 1. The first kappa shape index (κ1) is 14.2. The van der Waals surface area contributed by atoms with Crippen LogP contribution < -0.4 is 0 Å². The zero-order valence-electron chi connectivity index (χ0n) is 13.3. The van der Waals surface area contributed by atoms with Gasteiger partial charge in [-0.3, -0.25) is 9.48 Å². The van der Waals surface area contributed by atoms with E-state index in [1.165, 1.54) is 32.1 Å². The maximum Gasteiger partial charge on any atom is 0.257 e. The van der Waals surface area contributed by atoms with Gasteiger partial charge in [-0.25, -0.2) is 0 Å². The topological polar surface area (TPSA) is 47.4 Å². The molecule has 2 saturated carbocycles. The first-order valence-corrected chi connectivity index (χ1v) is 8.52. The van der Waals surface area contributed by atoms with Crippen LogP contribution in [0.4, 0.5) is 0 Å². The van der Waals surface area contributed by atoms with Crippen molar-refractivity contribution in [1.29, 1.82) is 0 Å². The summed E-state index contributed by atoms with van der Waals surface area (Å²) in [5, 5.41) is 4.12. The fourth-order valence-electron chi connectivity index (χ4n) is 4.23. The predicted octanol–water partition coefficient (Wildman–Crippen LogP) is 2.09. The van der Waals surface area contributed by atoms with E-state index in [4.69, 9.17) is 4.74 Å². The number of carbonyl (C=O) groups is 1. The highest BCUT2D eigenvalue weighted by atomic mass is 16.5. The Balaban J connectivity index is 1.42. The average Bonchev–Trinajstić information content (AvgIpc) is 2.92. The number of likely N-dealkylation sites (tertiary alicyclic amines) is 1. The van der Waals surface area contributed by atoms with Crippen molar-refractivity contribution in [1.82, 2.24) is 14.7 Å². The molecule has 1 saturated heterocycles. The molecule has 22 heavy (non-hydrogen) atoms. The molecule has 1 aromatic rings. The molecule has 1 aliphatic heterocycles. The standard InChI is InChI=1S/C17H25N3O2/c1-19-8-14(7-18-19)16(21)20-9-15-3-2-6-17(15,11-20)12-22-10-13-4-5-13/h7-8,13,15H,2-6,9-12H2,1H3/t15-,17+/m1/s1. The van der Waals surface area contributed by atoms with Gasteiger partial charge in [0.05, 0.1) is 18.4 Å². The smallest absolute Gasteiger partial charge is 0.257 e. The lowest BCUT2D eigenvalue weighted by Gasteiger charge is -2.28. The minimum atomic E-state index is 0.129.